The van der Waals surface area contributed by atoms with E-state index in [2.05, 4.69) is 0 Å². The van der Waals surface area contributed by atoms with Crippen molar-refractivity contribution in [2.45, 2.75) is 43.8 Å². The number of alkyl halides is 1. The van der Waals surface area contributed by atoms with Crippen molar-refractivity contribution < 1.29 is 9.13 Å². The highest BCUT2D eigenvalue weighted by atomic mass is 19.1. The van der Waals surface area contributed by atoms with E-state index in [4.69, 9.17) is 10.5 Å². The third-order valence-electron chi connectivity index (χ3n) is 3.83. The first-order valence-electron chi connectivity index (χ1n) is 6.08. The van der Waals surface area contributed by atoms with Gasteiger partial charge in [-0.1, -0.05) is 18.2 Å². The number of rotatable bonds is 2. The van der Waals surface area contributed by atoms with E-state index >= 15 is 0 Å². The van der Waals surface area contributed by atoms with E-state index in [1.807, 2.05) is 24.3 Å². The van der Waals surface area contributed by atoms with E-state index in [1.54, 1.807) is 14.0 Å². The number of hydrogen-bond donors (Lipinski definition) is 1. The molecule has 2 N–H and O–H groups in total. The molecule has 0 bridgehead atoms. The van der Waals surface area contributed by atoms with Gasteiger partial charge in [0.25, 0.3) is 0 Å². The molecule has 94 valence electrons. The normalized spacial score (nSPS) is 33.4. The van der Waals surface area contributed by atoms with Gasteiger partial charge >= 0.3 is 0 Å². The van der Waals surface area contributed by atoms with Crippen molar-refractivity contribution in [1.82, 2.24) is 0 Å². The molecule has 1 aliphatic rings. The van der Waals surface area contributed by atoms with E-state index in [0.717, 1.165) is 11.3 Å². The van der Waals surface area contributed by atoms with Crippen LogP contribution in [0.25, 0.3) is 0 Å². The first kappa shape index (κ1) is 12.4. The molecule has 2 rings (SSSR count). The van der Waals surface area contributed by atoms with Crippen LogP contribution in [0.3, 0.4) is 0 Å². The molecule has 0 saturated heterocycles. The molecule has 0 amide bonds. The van der Waals surface area contributed by atoms with Gasteiger partial charge in [0, 0.05) is 11.1 Å². The minimum absolute atomic E-state index is 0.446. The van der Waals surface area contributed by atoms with E-state index < -0.39 is 11.2 Å². The fourth-order valence-corrected chi connectivity index (χ4v) is 2.54. The van der Waals surface area contributed by atoms with Crippen LogP contribution in [-0.4, -0.2) is 12.8 Å². The summed E-state index contributed by atoms with van der Waals surface area (Å²) in [4.78, 5) is 0. The highest BCUT2D eigenvalue weighted by Gasteiger charge is 2.40. The second-order valence-electron chi connectivity index (χ2n) is 5.27. The van der Waals surface area contributed by atoms with Gasteiger partial charge in [0.1, 0.15) is 11.4 Å². The maximum absolute atomic E-state index is 13.8. The molecule has 1 aliphatic carbocycles. The largest absolute Gasteiger partial charge is 0.496 e. The summed E-state index contributed by atoms with van der Waals surface area (Å²) in [7, 11) is 1.64. The third-order valence-corrected chi connectivity index (χ3v) is 3.83. The summed E-state index contributed by atoms with van der Waals surface area (Å²) in [5, 5.41) is 0. The summed E-state index contributed by atoms with van der Waals surface area (Å²) in [6, 6.07) is 7.77. The molecule has 0 radical (unpaired) electrons. The SMILES string of the molecule is COc1ccccc1C1(N)CCC(C)(F)CC1. The van der Waals surface area contributed by atoms with Crippen molar-refractivity contribution in [3.8, 4) is 5.75 Å². The van der Waals surface area contributed by atoms with Gasteiger partial charge in [-0.2, -0.15) is 0 Å². The van der Waals surface area contributed by atoms with Gasteiger partial charge in [-0.15, -0.1) is 0 Å². The topological polar surface area (TPSA) is 35.2 Å². The fourth-order valence-electron chi connectivity index (χ4n) is 2.54. The van der Waals surface area contributed by atoms with Gasteiger partial charge in [-0.3, -0.25) is 0 Å². The summed E-state index contributed by atoms with van der Waals surface area (Å²) in [6.45, 7) is 1.66. The van der Waals surface area contributed by atoms with Gasteiger partial charge in [0.15, 0.2) is 0 Å². The Bertz CT molecular complexity index is 393. The zero-order chi connectivity index (χ0) is 12.5. The third kappa shape index (κ3) is 2.44. The van der Waals surface area contributed by atoms with Gasteiger partial charge in [-0.05, 0) is 38.7 Å². The van der Waals surface area contributed by atoms with Crippen LogP contribution < -0.4 is 10.5 Å². The van der Waals surface area contributed by atoms with E-state index in [-0.39, 0.29) is 0 Å². The molecule has 1 fully saturated rings. The molecule has 0 spiro atoms. The minimum atomic E-state index is -1.06. The van der Waals surface area contributed by atoms with Crippen LogP contribution in [0.15, 0.2) is 24.3 Å². The molecule has 3 heteroatoms. The monoisotopic (exact) mass is 237 g/mol. The first-order valence-corrected chi connectivity index (χ1v) is 6.08. The van der Waals surface area contributed by atoms with Gasteiger partial charge in [0.2, 0.25) is 0 Å². The lowest BCUT2D eigenvalue weighted by atomic mass is 9.72. The van der Waals surface area contributed by atoms with Crippen LogP contribution in [0.5, 0.6) is 5.75 Å². The Morgan fingerprint density at radius 1 is 1.18 bits per heavy atom. The molecule has 1 aromatic carbocycles. The van der Waals surface area contributed by atoms with Crippen LogP contribution in [0.2, 0.25) is 0 Å². The number of methoxy groups -OCH3 is 1. The Morgan fingerprint density at radius 2 is 1.76 bits per heavy atom. The van der Waals surface area contributed by atoms with Gasteiger partial charge < -0.3 is 10.5 Å². The van der Waals surface area contributed by atoms with E-state index in [1.165, 1.54) is 0 Å². The minimum Gasteiger partial charge on any atom is -0.496 e. The molecular formula is C14H20FNO. The van der Waals surface area contributed by atoms with E-state index in [9.17, 15) is 4.39 Å². The highest BCUT2D eigenvalue weighted by Crippen LogP contribution is 2.43. The highest BCUT2D eigenvalue weighted by molar-refractivity contribution is 5.39. The Morgan fingerprint density at radius 3 is 2.35 bits per heavy atom. The molecule has 0 aliphatic heterocycles. The maximum Gasteiger partial charge on any atom is 0.123 e. The molecule has 17 heavy (non-hydrogen) atoms. The van der Waals surface area contributed by atoms with Crippen molar-refractivity contribution >= 4 is 0 Å². The average Bonchev–Trinajstić information content (AvgIpc) is 2.33. The molecule has 1 aromatic rings. The molecular weight excluding hydrogens is 217 g/mol. The molecule has 0 unspecified atom stereocenters. The predicted octanol–water partition coefficient (Wildman–Crippen LogP) is 3.15. The quantitative estimate of drug-likeness (QED) is 0.857. The van der Waals surface area contributed by atoms with Crippen molar-refractivity contribution in [3.05, 3.63) is 29.8 Å². The zero-order valence-corrected chi connectivity index (χ0v) is 10.5. The lowest BCUT2D eigenvalue weighted by molar-refractivity contribution is 0.0888. The molecule has 1 saturated carbocycles. The predicted molar refractivity (Wildman–Crippen MR) is 66.8 cm³/mol. The van der Waals surface area contributed by atoms with Gasteiger partial charge in [-0.25, -0.2) is 4.39 Å². The number of nitrogens with two attached hydrogens (primary N) is 1. The number of hydrogen-bond acceptors (Lipinski definition) is 2. The summed E-state index contributed by atoms with van der Waals surface area (Å²) in [6.07, 6.45) is 2.36. The van der Waals surface area contributed by atoms with Crippen molar-refractivity contribution in [2.24, 2.45) is 5.73 Å². The van der Waals surface area contributed by atoms with Crippen LogP contribution >= 0.6 is 0 Å². The van der Waals surface area contributed by atoms with Crippen LogP contribution in [-0.2, 0) is 5.54 Å². The Balaban J connectivity index is 2.27. The lowest BCUT2D eigenvalue weighted by Gasteiger charge is -2.39. The summed E-state index contributed by atoms with van der Waals surface area (Å²) in [5.41, 5.74) is 5.92. The number of benzene rings is 1. The standard InChI is InChI=1S/C14H20FNO/c1-13(15)7-9-14(16,10-8-13)11-5-3-4-6-12(11)17-2/h3-6H,7-10,16H2,1-2H3. The Hall–Kier alpha value is -1.09. The van der Waals surface area contributed by atoms with Crippen LogP contribution in [0, 0.1) is 0 Å². The molecule has 0 heterocycles. The summed E-state index contributed by atoms with van der Waals surface area (Å²) < 4.78 is 19.2. The maximum atomic E-state index is 13.8. The average molecular weight is 237 g/mol. The van der Waals surface area contributed by atoms with Crippen molar-refractivity contribution in [3.63, 3.8) is 0 Å². The smallest absolute Gasteiger partial charge is 0.123 e. The number of halogens is 1. The van der Waals surface area contributed by atoms with Crippen LogP contribution in [0.1, 0.15) is 38.2 Å². The Kier molecular flexibility index (Phi) is 3.13. The lowest BCUT2D eigenvalue weighted by Crippen LogP contribution is -2.44. The number of para-hydroxylation sites is 1. The second kappa shape index (κ2) is 4.30. The Labute approximate surface area is 102 Å². The first-order chi connectivity index (χ1) is 7.97. The molecule has 0 atom stereocenters. The summed E-state index contributed by atoms with van der Waals surface area (Å²) in [5.74, 6) is 0.803. The molecule has 0 aromatic heterocycles. The molecule has 2 nitrogen and oxygen atoms in total. The van der Waals surface area contributed by atoms with E-state index in [0.29, 0.717) is 25.7 Å². The summed E-state index contributed by atoms with van der Waals surface area (Å²) >= 11 is 0. The van der Waals surface area contributed by atoms with Crippen molar-refractivity contribution in [1.29, 1.82) is 0 Å². The van der Waals surface area contributed by atoms with Gasteiger partial charge in [0.05, 0.1) is 7.11 Å². The van der Waals surface area contributed by atoms with Crippen LogP contribution in [0.4, 0.5) is 4.39 Å². The zero-order valence-electron chi connectivity index (χ0n) is 10.5. The fraction of sp³-hybridized carbons (Fsp3) is 0.571. The van der Waals surface area contributed by atoms with Crippen molar-refractivity contribution in [2.75, 3.05) is 7.11 Å². The second-order valence-corrected chi connectivity index (χ2v) is 5.27. The number of ether oxygens (including phenoxy) is 1.